The lowest BCUT2D eigenvalue weighted by molar-refractivity contribution is -0.118. The van der Waals surface area contributed by atoms with Crippen LogP contribution in [0.5, 0.6) is 0 Å². The van der Waals surface area contributed by atoms with Crippen LogP contribution in [0, 0.1) is 0 Å². The summed E-state index contributed by atoms with van der Waals surface area (Å²) in [7, 11) is -3.67. The summed E-state index contributed by atoms with van der Waals surface area (Å²) in [6.07, 6.45) is 1.58. The molecule has 0 fully saturated rings. The number of anilines is 1. The molecule has 1 aromatic heterocycles. The Bertz CT molecular complexity index is 466. The maximum absolute atomic E-state index is 11.6. The summed E-state index contributed by atoms with van der Waals surface area (Å²) >= 11 is 0. The van der Waals surface area contributed by atoms with Crippen molar-refractivity contribution >= 4 is 21.7 Å². The zero-order valence-corrected chi connectivity index (χ0v) is 9.25. The van der Waals surface area contributed by atoms with E-state index in [0.717, 1.165) is 6.20 Å². The third-order valence-corrected chi connectivity index (χ3v) is 3.30. The van der Waals surface area contributed by atoms with Gasteiger partial charge in [0.05, 0.1) is 6.20 Å². The third kappa shape index (κ3) is 3.21. The number of hydrogen-bond donors (Lipinski definition) is 4. The highest BCUT2D eigenvalue weighted by Gasteiger charge is 2.18. The van der Waals surface area contributed by atoms with Crippen molar-refractivity contribution in [2.45, 2.75) is 17.7 Å². The molecule has 0 spiro atoms. The fourth-order valence-corrected chi connectivity index (χ4v) is 2.14. The van der Waals surface area contributed by atoms with Crippen LogP contribution in [0.4, 0.5) is 5.82 Å². The normalized spacial score (nSPS) is 11.5. The van der Waals surface area contributed by atoms with Crippen molar-refractivity contribution in [3.63, 3.8) is 0 Å². The van der Waals surface area contributed by atoms with E-state index < -0.39 is 15.9 Å². The van der Waals surface area contributed by atoms with Crippen molar-refractivity contribution in [3.8, 4) is 0 Å². The average molecular weight is 247 g/mol. The number of nitrogens with one attached hydrogen (secondary N) is 2. The molecule has 0 atom stereocenters. The lowest BCUT2D eigenvalue weighted by Gasteiger charge is -2.04. The Morgan fingerprint density at radius 1 is 1.56 bits per heavy atom. The summed E-state index contributed by atoms with van der Waals surface area (Å²) in [4.78, 5) is 10.3. The molecule has 9 heteroatoms. The maximum atomic E-state index is 11.6. The van der Waals surface area contributed by atoms with Crippen LogP contribution >= 0.6 is 0 Å². The lowest BCUT2D eigenvalue weighted by atomic mass is 10.3. The van der Waals surface area contributed by atoms with Gasteiger partial charge in [0.25, 0.3) is 0 Å². The first-order chi connectivity index (χ1) is 7.43. The topological polar surface area (TPSA) is 144 Å². The molecule has 1 aromatic rings. The molecule has 0 aliphatic heterocycles. The summed E-state index contributed by atoms with van der Waals surface area (Å²) in [5, 5.41) is 5.82. The fourth-order valence-electron chi connectivity index (χ4n) is 1.05. The molecule has 8 nitrogen and oxygen atoms in total. The van der Waals surface area contributed by atoms with Crippen molar-refractivity contribution in [2.75, 3.05) is 12.3 Å². The van der Waals surface area contributed by atoms with Crippen molar-refractivity contribution in [1.82, 2.24) is 14.9 Å². The molecule has 90 valence electrons. The zero-order valence-electron chi connectivity index (χ0n) is 8.43. The summed E-state index contributed by atoms with van der Waals surface area (Å²) < 4.78 is 25.5. The number of nitrogens with zero attached hydrogens (tertiary/aromatic N) is 1. The Labute approximate surface area is 92.4 Å². The van der Waals surface area contributed by atoms with Gasteiger partial charge in [-0.3, -0.25) is 9.89 Å². The molecule has 0 radical (unpaired) electrons. The van der Waals surface area contributed by atoms with Gasteiger partial charge in [0, 0.05) is 13.0 Å². The van der Waals surface area contributed by atoms with E-state index in [2.05, 4.69) is 14.9 Å². The van der Waals surface area contributed by atoms with Gasteiger partial charge in [0.2, 0.25) is 15.9 Å². The van der Waals surface area contributed by atoms with Gasteiger partial charge in [-0.1, -0.05) is 0 Å². The summed E-state index contributed by atoms with van der Waals surface area (Å²) in [6, 6.07) is 0. The second-order valence-corrected chi connectivity index (χ2v) is 4.85. The van der Waals surface area contributed by atoms with Crippen molar-refractivity contribution in [1.29, 1.82) is 0 Å². The number of aromatic nitrogens is 2. The van der Waals surface area contributed by atoms with Gasteiger partial charge in [-0.05, 0) is 6.42 Å². The number of hydrogen-bond acceptors (Lipinski definition) is 5. The van der Waals surface area contributed by atoms with Crippen molar-refractivity contribution in [3.05, 3.63) is 6.20 Å². The van der Waals surface area contributed by atoms with Gasteiger partial charge >= 0.3 is 0 Å². The standard InChI is InChI=1S/C7H13N5O3S/c8-6(13)2-1-3-11-16(14,15)5-4-10-12-7(5)9/h4,11H,1-3H2,(H2,8,13)(H3,9,10,12). The molecule has 0 aliphatic carbocycles. The first-order valence-corrected chi connectivity index (χ1v) is 5.98. The van der Waals surface area contributed by atoms with E-state index in [1.165, 1.54) is 0 Å². The Balaban J connectivity index is 2.54. The van der Waals surface area contributed by atoms with E-state index in [0.29, 0.717) is 6.42 Å². The fraction of sp³-hybridized carbons (Fsp3) is 0.429. The van der Waals surface area contributed by atoms with E-state index in [1.807, 2.05) is 0 Å². The summed E-state index contributed by atoms with van der Waals surface area (Å²) in [6.45, 7) is 0.121. The SMILES string of the molecule is NC(=O)CCCNS(=O)(=O)c1cn[nH]c1N. The number of H-pyrrole nitrogens is 1. The molecular formula is C7H13N5O3S. The molecule has 0 aliphatic rings. The van der Waals surface area contributed by atoms with Crippen LogP contribution in [-0.4, -0.2) is 31.1 Å². The first-order valence-electron chi connectivity index (χ1n) is 4.50. The van der Waals surface area contributed by atoms with E-state index in [1.54, 1.807) is 0 Å². The van der Waals surface area contributed by atoms with E-state index in [9.17, 15) is 13.2 Å². The minimum Gasteiger partial charge on any atom is -0.383 e. The molecule has 0 aromatic carbocycles. The van der Waals surface area contributed by atoms with Gasteiger partial charge in [0.1, 0.15) is 10.7 Å². The second kappa shape index (κ2) is 4.94. The quantitative estimate of drug-likeness (QED) is 0.454. The van der Waals surface area contributed by atoms with E-state index >= 15 is 0 Å². The second-order valence-electron chi connectivity index (χ2n) is 3.12. The van der Waals surface area contributed by atoms with Crippen LogP contribution in [0.3, 0.4) is 0 Å². The molecule has 0 saturated carbocycles. The molecular weight excluding hydrogens is 234 g/mol. The number of nitrogen functional groups attached to an aromatic ring is 1. The zero-order chi connectivity index (χ0) is 12.2. The maximum Gasteiger partial charge on any atom is 0.245 e. The predicted octanol–water partition coefficient (Wildman–Crippen LogP) is -1.46. The van der Waals surface area contributed by atoms with Crippen LogP contribution in [0.1, 0.15) is 12.8 Å². The van der Waals surface area contributed by atoms with E-state index in [-0.39, 0.29) is 23.7 Å². The number of carbonyl (C=O) groups is 1. The minimum absolute atomic E-state index is 0.0256. The first kappa shape index (κ1) is 12.5. The molecule has 0 bridgehead atoms. The molecule has 1 heterocycles. The Morgan fingerprint density at radius 2 is 2.25 bits per heavy atom. The average Bonchev–Trinajstić information content (AvgIpc) is 2.59. The van der Waals surface area contributed by atoms with Gasteiger partial charge in [-0.25, -0.2) is 13.1 Å². The number of amides is 1. The highest BCUT2D eigenvalue weighted by atomic mass is 32.2. The van der Waals surface area contributed by atoms with Crippen LogP contribution < -0.4 is 16.2 Å². The number of rotatable bonds is 6. The van der Waals surface area contributed by atoms with E-state index in [4.69, 9.17) is 11.5 Å². The van der Waals surface area contributed by atoms with Crippen LogP contribution in [0.15, 0.2) is 11.1 Å². The monoisotopic (exact) mass is 247 g/mol. The third-order valence-electron chi connectivity index (χ3n) is 1.81. The summed E-state index contributed by atoms with van der Waals surface area (Å²) in [5.74, 6) is -0.496. The van der Waals surface area contributed by atoms with Crippen LogP contribution in [0.2, 0.25) is 0 Å². The molecule has 1 rings (SSSR count). The lowest BCUT2D eigenvalue weighted by Crippen LogP contribution is -2.26. The molecule has 0 saturated heterocycles. The van der Waals surface area contributed by atoms with Gasteiger partial charge < -0.3 is 11.5 Å². The Morgan fingerprint density at radius 3 is 2.75 bits per heavy atom. The predicted molar refractivity (Wildman–Crippen MR) is 56.6 cm³/mol. The largest absolute Gasteiger partial charge is 0.383 e. The van der Waals surface area contributed by atoms with Crippen molar-refractivity contribution < 1.29 is 13.2 Å². The number of sulfonamides is 1. The number of primary amides is 1. The van der Waals surface area contributed by atoms with Crippen molar-refractivity contribution in [2.24, 2.45) is 5.73 Å². The molecule has 16 heavy (non-hydrogen) atoms. The molecule has 0 unspecified atom stereocenters. The minimum atomic E-state index is -3.67. The number of nitrogens with two attached hydrogens (primary N) is 2. The van der Waals surface area contributed by atoms with Crippen LogP contribution in [-0.2, 0) is 14.8 Å². The smallest absolute Gasteiger partial charge is 0.245 e. The van der Waals surface area contributed by atoms with Gasteiger partial charge in [0.15, 0.2) is 0 Å². The van der Waals surface area contributed by atoms with Gasteiger partial charge in [-0.2, -0.15) is 5.10 Å². The highest BCUT2D eigenvalue weighted by molar-refractivity contribution is 7.89. The Hall–Kier alpha value is -1.61. The number of carbonyl (C=O) groups excluding carboxylic acids is 1. The molecule has 6 N–H and O–H groups in total. The number of aromatic amines is 1. The van der Waals surface area contributed by atoms with Crippen LogP contribution in [0.25, 0.3) is 0 Å². The molecule has 1 amide bonds. The highest BCUT2D eigenvalue weighted by Crippen LogP contribution is 2.13. The van der Waals surface area contributed by atoms with Gasteiger partial charge in [-0.15, -0.1) is 0 Å². The summed E-state index contributed by atoms with van der Waals surface area (Å²) in [5.41, 5.74) is 10.3. The Kier molecular flexibility index (Phi) is 3.85.